The van der Waals surface area contributed by atoms with Crippen molar-refractivity contribution >= 4 is 5.78 Å². The molecule has 1 aliphatic carbocycles. The number of ketones is 1. The Bertz CT molecular complexity index is 238. The molecule has 1 heteroatoms. The summed E-state index contributed by atoms with van der Waals surface area (Å²) in [5, 5.41) is 0. The van der Waals surface area contributed by atoms with Gasteiger partial charge in [-0.1, -0.05) is 31.2 Å². The van der Waals surface area contributed by atoms with Crippen molar-refractivity contribution < 1.29 is 4.79 Å². The Labute approximate surface area is 86.9 Å². The van der Waals surface area contributed by atoms with Crippen LogP contribution in [0.4, 0.5) is 0 Å². The molecule has 0 saturated heterocycles. The smallest absolute Gasteiger partial charge is 0.134 e. The fourth-order valence-electron chi connectivity index (χ4n) is 2.12. The summed E-state index contributed by atoms with van der Waals surface area (Å²) in [4.78, 5) is 11.5. The molecule has 0 aliphatic heterocycles. The first-order valence-electron chi connectivity index (χ1n) is 5.57. The average Bonchev–Trinajstić information content (AvgIpc) is 2.14. The second-order valence-electron chi connectivity index (χ2n) is 4.06. The molecule has 0 unspecified atom stereocenters. The van der Waals surface area contributed by atoms with Crippen LogP contribution in [0.25, 0.3) is 0 Å². The minimum absolute atomic E-state index is 0.421. The van der Waals surface area contributed by atoms with Gasteiger partial charge in [-0.3, -0.25) is 4.79 Å². The van der Waals surface area contributed by atoms with Crippen LogP contribution in [0.15, 0.2) is 24.3 Å². The van der Waals surface area contributed by atoms with Crippen LogP contribution in [-0.4, -0.2) is 5.78 Å². The van der Waals surface area contributed by atoms with E-state index in [2.05, 4.69) is 31.2 Å². The molecule has 0 radical (unpaired) electrons. The van der Waals surface area contributed by atoms with E-state index in [0.29, 0.717) is 17.6 Å². The molecular weight excluding hydrogens is 172 g/mol. The monoisotopic (exact) mass is 192 g/mol. The SMILES string of the molecule is C/C=C/[C@H]1CC(=O)C[C@@H](/C=C/CC)C1. The van der Waals surface area contributed by atoms with Crippen molar-refractivity contribution in [1.82, 2.24) is 0 Å². The molecule has 0 aromatic carbocycles. The van der Waals surface area contributed by atoms with Crippen LogP contribution < -0.4 is 0 Å². The van der Waals surface area contributed by atoms with Crippen molar-refractivity contribution in [2.45, 2.75) is 39.5 Å². The summed E-state index contributed by atoms with van der Waals surface area (Å²) in [6.45, 7) is 4.15. The number of hydrogen-bond acceptors (Lipinski definition) is 1. The van der Waals surface area contributed by atoms with Gasteiger partial charge in [-0.25, -0.2) is 0 Å². The number of Topliss-reactive ketones (excluding diaryl/α,β-unsaturated/α-hetero) is 1. The molecule has 0 amide bonds. The number of carbonyl (C=O) groups is 1. The second-order valence-corrected chi connectivity index (χ2v) is 4.06. The molecule has 14 heavy (non-hydrogen) atoms. The summed E-state index contributed by atoms with van der Waals surface area (Å²) in [6, 6.07) is 0. The molecule has 2 atom stereocenters. The summed E-state index contributed by atoms with van der Waals surface area (Å²) in [5.41, 5.74) is 0. The molecule has 1 saturated carbocycles. The van der Waals surface area contributed by atoms with Crippen molar-refractivity contribution in [3.8, 4) is 0 Å². The number of hydrogen-bond donors (Lipinski definition) is 0. The summed E-state index contributed by atoms with van der Waals surface area (Å²) >= 11 is 0. The quantitative estimate of drug-likeness (QED) is 0.625. The van der Waals surface area contributed by atoms with Gasteiger partial charge in [0.05, 0.1) is 0 Å². The first kappa shape index (κ1) is 11.2. The lowest BCUT2D eigenvalue weighted by Gasteiger charge is -2.24. The van der Waals surface area contributed by atoms with Crippen LogP contribution in [0.3, 0.4) is 0 Å². The Morgan fingerprint density at radius 1 is 1.29 bits per heavy atom. The van der Waals surface area contributed by atoms with Crippen LogP contribution in [-0.2, 0) is 4.79 Å². The molecule has 1 aliphatic rings. The third-order valence-corrected chi connectivity index (χ3v) is 2.69. The van der Waals surface area contributed by atoms with E-state index in [1.54, 1.807) is 0 Å². The lowest BCUT2D eigenvalue weighted by Crippen LogP contribution is -2.20. The van der Waals surface area contributed by atoms with Gasteiger partial charge in [0.1, 0.15) is 5.78 Å². The van der Waals surface area contributed by atoms with E-state index in [0.717, 1.165) is 25.7 Å². The lowest BCUT2D eigenvalue weighted by molar-refractivity contribution is -0.121. The summed E-state index contributed by atoms with van der Waals surface area (Å²) in [6.07, 6.45) is 12.3. The Kier molecular flexibility index (Phi) is 4.64. The molecule has 1 fully saturated rings. The fourth-order valence-corrected chi connectivity index (χ4v) is 2.12. The normalized spacial score (nSPS) is 29.1. The number of allylic oxidation sites excluding steroid dienone is 4. The molecule has 1 rings (SSSR count). The molecule has 0 N–H and O–H groups in total. The zero-order chi connectivity index (χ0) is 10.4. The summed E-state index contributed by atoms with van der Waals surface area (Å²) in [5.74, 6) is 1.38. The van der Waals surface area contributed by atoms with Crippen molar-refractivity contribution in [3.05, 3.63) is 24.3 Å². The van der Waals surface area contributed by atoms with Crippen molar-refractivity contribution in [2.75, 3.05) is 0 Å². The van der Waals surface area contributed by atoms with E-state index in [1.165, 1.54) is 0 Å². The highest BCUT2D eigenvalue weighted by Crippen LogP contribution is 2.28. The van der Waals surface area contributed by atoms with Crippen LogP contribution in [0.5, 0.6) is 0 Å². The molecule has 0 aromatic heterocycles. The Morgan fingerprint density at radius 3 is 2.50 bits per heavy atom. The highest BCUT2D eigenvalue weighted by molar-refractivity contribution is 5.80. The van der Waals surface area contributed by atoms with Gasteiger partial charge < -0.3 is 0 Å². The van der Waals surface area contributed by atoms with E-state index in [4.69, 9.17) is 0 Å². The maximum atomic E-state index is 11.5. The third kappa shape index (κ3) is 3.49. The number of carbonyl (C=O) groups excluding carboxylic acids is 1. The fraction of sp³-hybridized carbons (Fsp3) is 0.615. The minimum Gasteiger partial charge on any atom is -0.300 e. The van der Waals surface area contributed by atoms with Crippen LogP contribution in [0.1, 0.15) is 39.5 Å². The largest absolute Gasteiger partial charge is 0.300 e. The van der Waals surface area contributed by atoms with Gasteiger partial charge in [0.2, 0.25) is 0 Å². The van der Waals surface area contributed by atoms with Crippen molar-refractivity contribution in [2.24, 2.45) is 11.8 Å². The van der Waals surface area contributed by atoms with Crippen LogP contribution in [0.2, 0.25) is 0 Å². The van der Waals surface area contributed by atoms with Gasteiger partial charge in [0.15, 0.2) is 0 Å². The number of rotatable bonds is 3. The van der Waals surface area contributed by atoms with E-state index in [1.807, 2.05) is 6.92 Å². The Morgan fingerprint density at radius 2 is 1.93 bits per heavy atom. The van der Waals surface area contributed by atoms with Crippen molar-refractivity contribution in [3.63, 3.8) is 0 Å². The predicted octanol–water partition coefficient (Wildman–Crippen LogP) is 3.51. The Balaban J connectivity index is 2.53. The first-order chi connectivity index (χ1) is 6.76. The molecular formula is C13H20O. The highest BCUT2D eigenvalue weighted by atomic mass is 16.1. The van der Waals surface area contributed by atoms with Gasteiger partial charge in [-0.15, -0.1) is 0 Å². The average molecular weight is 192 g/mol. The van der Waals surface area contributed by atoms with E-state index < -0.39 is 0 Å². The van der Waals surface area contributed by atoms with Gasteiger partial charge in [0, 0.05) is 12.8 Å². The zero-order valence-electron chi connectivity index (χ0n) is 9.20. The highest BCUT2D eigenvalue weighted by Gasteiger charge is 2.23. The predicted molar refractivity (Wildman–Crippen MR) is 60.1 cm³/mol. The van der Waals surface area contributed by atoms with Crippen molar-refractivity contribution in [1.29, 1.82) is 0 Å². The topological polar surface area (TPSA) is 17.1 Å². The van der Waals surface area contributed by atoms with Crippen LogP contribution >= 0.6 is 0 Å². The molecule has 0 bridgehead atoms. The zero-order valence-corrected chi connectivity index (χ0v) is 9.20. The maximum absolute atomic E-state index is 11.5. The molecule has 0 aromatic rings. The van der Waals surface area contributed by atoms with Gasteiger partial charge >= 0.3 is 0 Å². The van der Waals surface area contributed by atoms with E-state index in [9.17, 15) is 4.79 Å². The van der Waals surface area contributed by atoms with Crippen LogP contribution in [0, 0.1) is 11.8 Å². The summed E-state index contributed by atoms with van der Waals surface area (Å²) in [7, 11) is 0. The lowest BCUT2D eigenvalue weighted by atomic mass is 9.80. The van der Waals surface area contributed by atoms with Gasteiger partial charge in [-0.2, -0.15) is 0 Å². The van der Waals surface area contributed by atoms with Gasteiger partial charge in [-0.05, 0) is 31.6 Å². The second kappa shape index (κ2) is 5.79. The maximum Gasteiger partial charge on any atom is 0.134 e. The minimum atomic E-state index is 0.421. The van der Waals surface area contributed by atoms with E-state index >= 15 is 0 Å². The molecule has 1 nitrogen and oxygen atoms in total. The molecule has 78 valence electrons. The first-order valence-corrected chi connectivity index (χ1v) is 5.57. The van der Waals surface area contributed by atoms with E-state index in [-0.39, 0.29) is 0 Å². The summed E-state index contributed by atoms with van der Waals surface area (Å²) < 4.78 is 0. The van der Waals surface area contributed by atoms with Gasteiger partial charge in [0.25, 0.3) is 0 Å². The molecule has 0 spiro atoms. The third-order valence-electron chi connectivity index (χ3n) is 2.69. The molecule has 0 heterocycles. The standard InChI is InChI=1S/C13H20O/c1-3-5-7-12-8-11(6-4-2)9-13(14)10-12/h4-7,11-12H,3,8-10H2,1-2H3/b6-4+,7-5+/t11-,12+/m1/s1. The Hall–Kier alpha value is -0.850.